The summed E-state index contributed by atoms with van der Waals surface area (Å²) < 4.78 is 0. The van der Waals surface area contributed by atoms with E-state index >= 15 is 0 Å². The van der Waals surface area contributed by atoms with Crippen molar-refractivity contribution in [1.82, 2.24) is 4.98 Å². The largest absolute Gasteiger partial charge is 0.391 e. The van der Waals surface area contributed by atoms with Crippen molar-refractivity contribution in [1.29, 1.82) is 0 Å². The van der Waals surface area contributed by atoms with Gasteiger partial charge in [0, 0.05) is 6.20 Å². The zero-order valence-electron chi connectivity index (χ0n) is 4.53. The summed E-state index contributed by atoms with van der Waals surface area (Å²) in [6.45, 7) is -0.0284. The van der Waals surface area contributed by atoms with Crippen LogP contribution in [0.15, 0.2) is 6.20 Å². The van der Waals surface area contributed by atoms with Gasteiger partial charge in [-0.1, -0.05) is 11.3 Å². The van der Waals surface area contributed by atoms with Gasteiger partial charge in [-0.2, -0.15) is 0 Å². The predicted octanol–water partition coefficient (Wildman–Crippen LogP) is 0.436. The third-order valence-electron chi connectivity index (χ3n) is 0.805. The first kappa shape index (κ1) is 6.47. The Morgan fingerprint density at radius 2 is 2.56 bits per heavy atom. The normalized spacial score (nSPS) is 9.56. The topological polar surface area (TPSA) is 65.4 Å². The highest BCUT2D eigenvalue weighted by Crippen LogP contribution is 2.16. The van der Waals surface area contributed by atoms with E-state index in [1.807, 2.05) is 5.48 Å². The SMILES string of the molecule is OCc1cnc(NO)s1. The van der Waals surface area contributed by atoms with Crippen molar-refractivity contribution in [3.8, 4) is 0 Å². The van der Waals surface area contributed by atoms with E-state index in [-0.39, 0.29) is 6.61 Å². The fourth-order valence-corrected chi connectivity index (χ4v) is 1.00. The molecule has 0 aliphatic carbocycles. The highest BCUT2D eigenvalue weighted by Gasteiger charge is 1.96. The van der Waals surface area contributed by atoms with Crippen molar-refractivity contribution < 1.29 is 10.3 Å². The van der Waals surface area contributed by atoms with Gasteiger partial charge in [-0.05, 0) is 0 Å². The summed E-state index contributed by atoms with van der Waals surface area (Å²) in [7, 11) is 0. The zero-order valence-corrected chi connectivity index (χ0v) is 5.35. The summed E-state index contributed by atoms with van der Waals surface area (Å²) in [6, 6.07) is 0. The molecule has 50 valence electrons. The third-order valence-corrected chi connectivity index (χ3v) is 1.69. The molecule has 0 aromatic carbocycles. The lowest BCUT2D eigenvalue weighted by Crippen LogP contribution is -1.84. The molecule has 4 nitrogen and oxygen atoms in total. The second-order valence-corrected chi connectivity index (χ2v) is 2.52. The highest BCUT2D eigenvalue weighted by molar-refractivity contribution is 7.15. The van der Waals surface area contributed by atoms with Gasteiger partial charge in [0.2, 0.25) is 5.13 Å². The minimum Gasteiger partial charge on any atom is -0.391 e. The quantitative estimate of drug-likeness (QED) is 0.529. The fraction of sp³-hybridized carbons (Fsp3) is 0.250. The maximum Gasteiger partial charge on any atom is 0.206 e. The molecule has 0 aliphatic rings. The molecule has 0 saturated carbocycles. The van der Waals surface area contributed by atoms with Gasteiger partial charge in [0.1, 0.15) is 0 Å². The molecule has 1 heterocycles. The Kier molecular flexibility index (Phi) is 1.99. The maximum atomic E-state index is 8.51. The van der Waals surface area contributed by atoms with Crippen LogP contribution >= 0.6 is 11.3 Å². The molecule has 1 aromatic rings. The first-order valence-corrected chi connectivity index (χ1v) is 3.14. The van der Waals surface area contributed by atoms with Crippen molar-refractivity contribution in [2.24, 2.45) is 0 Å². The van der Waals surface area contributed by atoms with Crippen LogP contribution in [0, 0.1) is 0 Å². The standard InChI is InChI=1S/C4H6N2O2S/c7-2-3-1-5-4(6-8)9-3/h1,7-8H,2H2,(H,5,6). The van der Waals surface area contributed by atoms with Gasteiger partial charge in [-0.15, -0.1) is 0 Å². The lowest BCUT2D eigenvalue weighted by atomic mass is 10.6. The molecule has 3 N–H and O–H groups in total. The Balaban J connectivity index is 2.74. The van der Waals surface area contributed by atoms with Gasteiger partial charge in [0.05, 0.1) is 11.5 Å². The molecule has 0 unspecified atom stereocenters. The summed E-state index contributed by atoms with van der Waals surface area (Å²) in [5, 5.41) is 17.2. The number of hydrogen-bond acceptors (Lipinski definition) is 5. The first-order chi connectivity index (χ1) is 4.36. The minimum atomic E-state index is -0.0284. The molecule has 1 rings (SSSR count). The summed E-state index contributed by atoms with van der Waals surface area (Å²) >= 11 is 1.21. The molecule has 0 spiro atoms. The van der Waals surface area contributed by atoms with Crippen LogP contribution in [-0.2, 0) is 6.61 Å². The lowest BCUT2D eigenvalue weighted by Gasteiger charge is -1.84. The van der Waals surface area contributed by atoms with Crippen molar-refractivity contribution in [3.05, 3.63) is 11.1 Å². The van der Waals surface area contributed by atoms with Crippen molar-refractivity contribution in [2.75, 3.05) is 5.48 Å². The van der Waals surface area contributed by atoms with E-state index in [1.165, 1.54) is 17.5 Å². The molecular formula is C4H6N2O2S. The second-order valence-electron chi connectivity index (χ2n) is 1.40. The predicted molar refractivity (Wildman–Crippen MR) is 33.4 cm³/mol. The molecule has 0 aliphatic heterocycles. The fourth-order valence-electron chi connectivity index (χ4n) is 0.432. The number of aliphatic hydroxyl groups is 1. The van der Waals surface area contributed by atoms with E-state index in [0.29, 0.717) is 5.13 Å². The van der Waals surface area contributed by atoms with Crippen LogP contribution in [0.2, 0.25) is 0 Å². The molecule has 0 radical (unpaired) electrons. The number of aliphatic hydroxyl groups excluding tert-OH is 1. The van der Waals surface area contributed by atoms with Crippen LogP contribution < -0.4 is 5.48 Å². The van der Waals surface area contributed by atoms with Gasteiger partial charge < -0.3 is 5.11 Å². The molecule has 0 fully saturated rings. The lowest BCUT2D eigenvalue weighted by molar-refractivity contribution is 0.285. The monoisotopic (exact) mass is 146 g/mol. The third kappa shape index (κ3) is 1.38. The van der Waals surface area contributed by atoms with Crippen LogP contribution in [0.5, 0.6) is 0 Å². The first-order valence-electron chi connectivity index (χ1n) is 2.32. The summed E-state index contributed by atoms with van der Waals surface area (Å²) in [5.74, 6) is 0. The number of hydrogen-bond donors (Lipinski definition) is 3. The second kappa shape index (κ2) is 2.77. The Morgan fingerprint density at radius 3 is 2.89 bits per heavy atom. The Hall–Kier alpha value is -0.650. The van der Waals surface area contributed by atoms with Gasteiger partial charge in [-0.3, -0.25) is 5.21 Å². The van der Waals surface area contributed by atoms with E-state index in [1.54, 1.807) is 0 Å². The van der Waals surface area contributed by atoms with Crippen LogP contribution in [0.3, 0.4) is 0 Å². The van der Waals surface area contributed by atoms with Crippen molar-refractivity contribution in [2.45, 2.75) is 6.61 Å². The molecule has 0 bridgehead atoms. The van der Waals surface area contributed by atoms with E-state index in [4.69, 9.17) is 10.3 Å². The van der Waals surface area contributed by atoms with E-state index < -0.39 is 0 Å². The maximum absolute atomic E-state index is 8.51. The summed E-state index contributed by atoms with van der Waals surface area (Å²) in [6.07, 6.45) is 1.50. The highest BCUT2D eigenvalue weighted by atomic mass is 32.1. The van der Waals surface area contributed by atoms with Crippen molar-refractivity contribution >= 4 is 16.5 Å². The summed E-state index contributed by atoms with van der Waals surface area (Å²) in [4.78, 5) is 4.43. The van der Waals surface area contributed by atoms with Gasteiger partial charge in [-0.25, -0.2) is 10.5 Å². The van der Waals surface area contributed by atoms with Gasteiger partial charge in [0.25, 0.3) is 0 Å². The van der Waals surface area contributed by atoms with E-state index in [2.05, 4.69) is 4.98 Å². The van der Waals surface area contributed by atoms with Crippen LogP contribution in [-0.4, -0.2) is 15.3 Å². The Labute approximate surface area is 55.7 Å². The molecule has 0 atom stereocenters. The zero-order chi connectivity index (χ0) is 6.69. The number of rotatable bonds is 2. The van der Waals surface area contributed by atoms with Crippen LogP contribution in [0.25, 0.3) is 0 Å². The van der Waals surface area contributed by atoms with E-state index in [0.717, 1.165) is 4.88 Å². The van der Waals surface area contributed by atoms with Crippen molar-refractivity contribution in [3.63, 3.8) is 0 Å². The Morgan fingerprint density at radius 1 is 1.78 bits per heavy atom. The molecule has 0 amide bonds. The number of nitrogens with zero attached hydrogens (tertiary/aromatic N) is 1. The molecule has 0 saturated heterocycles. The number of nitrogens with one attached hydrogen (secondary N) is 1. The molecule has 5 heteroatoms. The van der Waals surface area contributed by atoms with E-state index in [9.17, 15) is 0 Å². The number of anilines is 1. The van der Waals surface area contributed by atoms with Gasteiger partial charge in [0.15, 0.2) is 0 Å². The number of thiazole rings is 1. The Bertz CT molecular complexity index is 170. The molecular weight excluding hydrogens is 140 g/mol. The van der Waals surface area contributed by atoms with Crippen LogP contribution in [0.1, 0.15) is 4.88 Å². The van der Waals surface area contributed by atoms with Gasteiger partial charge >= 0.3 is 0 Å². The number of aromatic nitrogens is 1. The molecule has 1 aromatic heterocycles. The minimum absolute atomic E-state index is 0.0284. The average molecular weight is 146 g/mol. The average Bonchev–Trinajstić information content (AvgIpc) is 2.34. The summed E-state index contributed by atoms with van der Waals surface area (Å²) in [5.41, 5.74) is 1.88. The molecule has 9 heavy (non-hydrogen) atoms. The van der Waals surface area contributed by atoms with Crippen LogP contribution in [0.4, 0.5) is 5.13 Å². The smallest absolute Gasteiger partial charge is 0.206 e.